The molecule has 0 unspecified atom stereocenters. The van der Waals surface area contributed by atoms with Crippen molar-refractivity contribution in [1.29, 1.82) is 0 Å². The van der Waals surface area contributed by atoms with E-state index in [1.165, 1.54) is 0 Å². The molecule has 0 spiro atoms. The minimum absolute atomic E-state index is 0. The first-order chi connectivity index (χ1) is 8.25. The zero-order chi connectivity index (χ0) is 12.1. The molecule has 1 aromatic heterocycles. The number of halogens is 1. The van der Waals surface area contributed by atoms with Crippen molar-refractivity contribution in [2.24, 2.45) is 0 Å². The Bertz CT molecular complexity index is 473. The third kappa shape index (κ3) is 4.05. The maximum atomic E-state index is 11.8. The van der Waals surface area contributed by atoms with E-state index in [9.17, 15) is 4.79 Å². The summed E-state index contributed by atoms with van der Waals surface area (Å²) in [6.45, 7) is 1.78. The molecule has 0 saturated heterocycles. The number of carbonyl (C=O) groups is 1. The lowest BCUT2D eigenvalue weighted by Crippen LogP contribution is -2.29. The highest BCUT2D eigenvalue weighted by molar-refractivity contribution is 7.14. The quantitative estimate of drug-likeness (QED) is 0.688. The molecule has 0 radical (unpaired) electrons. The molecule has 1 heterocycles. The zero-order valence-corrected chi connectivity index (χ0v) is 11.5. The summed E-state index contributed by atoms with van der Waals surface area (Å²) in [5.74, 6) is 0.280. The summed E-state index contributed by atoms with van der Waals surface area (Å²) < 4.78 is 5.23. The molecule has 18 heavy (non-hydrogen) atoms. The summed E-state index contributed by atoms with van der Waals surface area (Å²) in [6, 6.07) is 12.6. The fraction of sp³-hybridized carbons (Fsp3) is 0.154. The first-order valence-electron chi connectivity index (χ1n) is 5.32. The molecule has 0 amide bonds. The van der Waals surface area contributed by atoms with Crippen LogP contribution in [0, 0.1) is 0 Å². The molecule has 0 aliphatic carbocycles. The predicted molar refractivity (Wildman–Crippen MR) is 76.7 cm³/mol. The van der Waals surface area contributed by atoms with Gasteiger partial charge in [-0.3, -0.25) is 0 Å². The number of esters is 1. The van der Waals surface area contributed by atoms with Crippen LogP contribution >= 0.6 is 23.7 Å². The van der Waals surface area contributed by atoms with Crippen LogP contribution in [0.1, 0.15) is 6.92 Å². The van der Waals surface area contributed by atoms with Crippen molar-refractivity contribution in [1.82, 2.24) is 0 Å². The highest BCUT2D eigenvalue weighted by Crippen LogP contribution is 2.17. The second-order valence-corrected chi connectivity index (χ2v) is 4.53. The Labute approximate surface area is 116 Å². The number of ether oxygens (including phenoxy) is 1. The van der Waals surface area contributed by atoms with Gasteiger partial charge in [0.15, 0.2) is 0 Å². The van der Waals surface area contributed by atoms with Crippen molar-refractivity contribution in [2.45, 2.75) is 13.0 Å². The Hall–Kier alpha value is -1.52. The van der Waals surface area contributed by atoms with Crippen LogP contribution < -0.4 is 10.1 Å². The van der Waals surface area contributed by atoms with Gasteiger partial charge in [0.25, 0.3) is 0 Å². The summed E-state index contributed by atoms with van der Waals surface area (Å²) in [7, 11) is 0. The molecule has 5 heteroatoms. The molecule has 1 aromatic carbocycles. The molecule has 0 aliphatic rings. The number of rotatable bonds is 4. The third-order valence-corrected chi connectivity index (χ3v) is 3.00. The minimum Gasteiger partial charge on any atom is -0.425 e. The lowest BCUT2D eigenvalue weighted by molar-refractivity contribution is -0.134. The van der Waals surface area contributed by atoms with Gasteiger partial charge in [-0.15, -0.1) is 23.7 Å². The Kier molecular flexibility index (Phi) is 5.68. The van der Waals surface area contributed by atoms with Crippen molar-refractivity contribution < 1.29 is 9.53 Å². The highest BCUT2D eigenvalue weighted by atomic mass is 35.5. The second-order valence-electron chi connectivity index (χ2n) is 3.58. The molecule has 0 aliphatic heterocycles. The summed E-state index contributed by atoms with van der Waals surface area (Å²) in [6.07, 6.45) is 0. The van der Waals surface area contributed by atoms with Crippen LogP contribution in [0.5, 0.6) is 5.75 Å². The van der Waals surface area contributed by atoms with Crippen LogP contribution in [-0.2, 0) is 4.79 Å². The largest absolute Gasteiger partial charge is 0.425 e. The van der Waals surface area contributed by atoms with E-state index in [-0.39, 0.29) is 24.4 Å². The number of hydrogen-bond acceptors (Lipinski definition) is 4. The van der Waals surface area contributed by atoms with E-state index in [0.29, 0.717) is 5.75 Å². The number of thiophene rings is 1. The number of benzene rings is 1. The smallest absolute Gasteiger partial charge is 0.333 e. The van der Waals surface area contributed by atoms with Gasteiger partial charge in [-0.25, -0.2) is 4.79 Å². The standard InChI is InChI=1S/C13H13NO2S.ClH/c1-10(14-12-8-5-9-17-12)13(15)16-11-6-3-2-4-7-11;/h2-10,14H,1H3;1H/t10-;/m0./s1. The van der Waals surface area contributed by atoms with E-state index in [4.69, 9.17) is 4.74 Å². The topological polar surface area (TPSA) is 38.3 Å². The van der Waals surface area contributed by atoms with Crippen LogP contribution in [0.25, 0.3) is 0 Å². The molecular weight excluding hydrogens is 270 g/mol. The molecule has 2 aromatic rings. The van der Waals surface area contributed by atoms with Crippen molar-refractivity contribution >= 4 is 34.7 Å². The predicted octanol–water partition coefficient (Wildman–Crippen LogP) is 3.58. The Morgan fingerprint density at radius 3 is 2.56 bits per heavy atom. The van der Waals surface area contributed by atoms with Crippen LogP contribution in [-0.4, -0.2) is 12.0 Å². The van der Waals surface area contributed by atoms with Crippen molar-refractivity contribution in [3.8, 4) is 5.75 Å². The van der Waals surface area contributed by atoms with E-state index in [0.717, 1.165) is 5.00 Å². The molecule has 1 N–H and O–H groups in total. The number of carbonyl (C=O) groups excluding carboxylic acids is 1. The maximum absolute atomic E-state index is 11.8. The summed E-state index contributed by atoms with van der Waals surface area (Å²) in [5.41, 5.74) is 0. The van der Waals surface area contributed by atoms with Crippen LogP contribution in [0.3, 0.4) is 0 Å². The molecule has 3 nitrogen and oxygen atoms in total. The highest BCUT2D eigenvalue weighted by Gasteiger charge is 2.15. The first-order valence-corrected chi connectivity index (χ1v) is 6.20. The third-order valence-electron chi connectivity index (χ3n) is 2.20. The lowest BCUT2D eigenvalue weighted by Gasteiger charge is -2.12. The minimum atomic E-state index is -0.367. The van der Waals surface area contributed by atoms with E-state index < -0.39 is 0 Å². The van der Waals surface area contributed by atoms with Gasteiger partial charge in [0, 0.05) is 0 Å². The maximum Gasteiger partial charge on any atom is 0.333 e. The van der Waals surface area contributed by atoms with Crippen LogP contribution in [0.2, 0.25) is 0 Å². The van der Waals surface area contributed by atoms with Gasteiger partial charge in [0.2, 0.25) is 0 Å². The van der Waals surface area contributed by atoms with Gasteiger partial charge < -0.3 is 10.1 Å². The normalized spacial score (nSPS) is 11.2. The average molecular weight is 284 g/mol. The molecule has 0 saturated carbocycles. The van der Waals surface area contributed by atoms with E-state index >= 15 is 0 Å². The van der Waals surface area contributed by atoms with Crippen molar-refractivity contribution in [3.63, 3.8) is 0 Å². The van der Waals surface area contributed by atoms with Gasteiger partial charge in [-0.05, 0) is 36.6 Å². The molecule has 96 valence electrons. The Morgan fingerprint density at radius 2 is 1.94 bits per heavy atom. The first kappa shape index (κ1) is 14.5. The van der Waals surface area contributed by atoms with Gasteiger partial charge >= 0.3 is 5.97 Å². The van der Waals surface area contributed by atoms with E-state index in [1.807, 2.05) is 35.7 Å². The van der Waals surface area contributed by atoms with Gasteiger partial charge in [-0.2, -0.15) is 0 Å². The number of para-hydroxylation sites is 1. The Morgan fingerprint density at radius 1 is 1.22 bits per heavy atom. The van der Waals surface area contributed by atoms with Crippen molar-refractivity contribution in [3.05, 3.63) is 47.8 Å². The summed E-state index contributed by atoms with van der Waals surface area (Å²) in [5, 5.41) is 6.00. The Balaban J connectivity index is 0.00000162. The van der Waals surface area contributed by atoms with Gasteiger partial charge in [0.1, 0.15) is 11.8 Å². The average Bonchev–Trinajstić information content (AvgIpc) is 2.83. The van der Waals surface area contributed by atoms with E-state index in [2.05, 4.69) is 5.32 Å². The monoisotopic (exact) mass is 283 g/mol. The van der Waals surface area contributed by atoms with Gasteiger partial charge in [0.05, 0.1) is 5.00 Å². The molecule has 0 bridgehead atoms. The molecule has 0 fully saturated rings. The summed E-state index contributed by atoms with van der Waals surface area (Å²) in [4.78, 5) is 11.8. The zero-order valence-electron chi connectivity index (χ0n) is 9.83. The molecule has 2 rings (SSSR count). The second kappa shape index (κ2) is 7.03. The fourth-order valence-corrected chi connectivity index (χ4v) is 2.03. The molecular formula is C13H14ClNO2S. The fourth-order valence-electron chi connectivity index (χ4n) is 1.33. The van der Waals surface area contributed by atoms with Crippen LogP contribution in [0.4, 0.5) is 5.00 Å². The lowest BCUT2D eigenvalue weighted by atomic mass is 10.3. The summed E-state index contributed by atoms with van der Waals surface area (Å²) >= 11 is 1.56. The molecule has 1 atom stereocenters. The van der Waals surface area contributed by atoms with Crippen molar-refractivity contribution in [2.75, 3.05) is 5.32 Å². The number of anilines is 1. The van der Waals surface area contributed by atoms with Gasteiger partial charge in [-0.1, -0.05) is 18.2 Å². The number of hydrogen-bond donors (Lipinski definition) is 1. The van der Waals surface area contributed by atoms with E-state index in [1.54, 1.807) is 30.4 Å². The SMILES string of the molecule is C[C@H](Nc1cccs1)C(=O)Oc1ccccc1.Cl. The van der Waals surface area contributed by atoms with Crippen LogP contribution in [0.15, 0.2) is 47.8 Å². The number of nitrogens with one attached hydrogen (secondary N) is 1.